The zero-order valence-corrected chi connectivity index (χ0v) is 11.5. The van der Waals surface area contributed by atoms with Gasteiger partial charge in [-0.15, -0.1) is 0 Å². The van der Waals surface area contributed by atoms with Gasteiger partial charge in [-0.25, -0.2) is 4.98 Å². The highest BCUT2D eigenvalue weighted by atomic mass is 15.3. The maximum atomic E-state index is 6.09. The van der Waals surface area contributed by atoms with E-state index < -0.39 is 0 Å². The first-order valence-electron chi connectivity index (χ1n) is 6.29. The fourth-order valence-corrected chi connectivity index (χ4v) is 2.20. The summed E-state index contributed by atoms with van der Waals surface area (Å²) >= 11 is 0. The van der Waals surface area contributed by atoms with Gasteiger partial charge in [0.15, 0.2) is 0 Å². The molecule has 5 heteroatoms. The molecule has 0 saturated carbocycles. The topological polar surface area (TPSA) is 61.7 Å². The Bertz CT molecular complexity index is 538. The number of hydrogen-bond donors (Lipinski definition) is 1. The van der Waals surface area contributed by atoms with Crippen LogP contribution in [0, 0.1) is 13.8 Å². The van der Waals surface area contributed by atoms with Crippen molar-refractivity contribution in [2.45, 2.75) is 39.8 Å². The van der Waals surface area contributed by atoms with Crippen molar-refractivity contribution in [3.05, 3.63) is 35.2 Å². The molecule has 2 aromatic heterocycles. The first-order valence-corrected chi connectivity index (χ1v) is 6.29. The molecule has 5 nitrogen and oxygen atoms in total. The largest absolute Gasteiger partial charge is 0.329 e. The average Bonchev–Trinajstić information content (AvgIpc) is 2.89. The third kappa shape index (κ3) is 2.18. The number of imidazole rings is 1. The van der Waals surface area contributed by atoms with Crippen LogP contribution in [0.1, 0.15) is 42.0 Å². The molecule has 0 radical (unpaired) electrons. The molecule has 2 N–H and O–H groups in total. The molecule has 2 heterocycles. The van der Waals surface area contributed by atoms with Crippen LogP contribution in [0.4, 0.5) is 0 Å². The molecule has 0 aliphatic heterocycles. The third-order valence-corrected chi connectivity index (χ3v) is 3.55. The lowest BCUT2D eigenvalue weighted by Gasteiger charge is -2.13. The summed E-state index contributed by atoms with van der Waals surface area (Å²) in [7, 11) is 1.97. The van der Waals surface area contributed by atoms with Crippen LogP contribution in [0.25, 0.3) is 0 Å². The SMILES string of the molecule is CC[C@@H](N)c1cncn1Cc1c(C)nn(C)c1C. The van der Waals surface area contributed by atoms with Crippen LogP contribution in [0.5, 0.6) is 0 Å². The molecule has 0 fully saturated rings. The van der Waals surface area contributed by atoms with Crippen molar-refractivity contribution < 1.29 is 0 Å². The van der Waals surface area contributed by atoms with Crippen molar-refractivity contribution in [3.63, 3.8) is 0 Å². The highest BCUT2D eigenvalue weighted by molar-refractivity contribution is 5.25. The van der Waals surface area contributed by atoms with Gasteiger partial charge in [0, 0.05) is 30.5 Å². The van der Waals surface area contributed by atoms with Crippen LogP contribution in [-0.2, 0) is 13.6 Å². The van der Waals surface area contributed by atoms with Gasteiger partial charge in [-0.2, -0.15) is 5.10 Å². The molecule has 0 aliphatic rings. The molecule has 2 rings (SSSR count). The monoisotopic (exact) mass is 247 g/mol. The van der Waals surface area contributed by atoms with Gasteiger partial charge in [0.25, 0.3) is 0 Å². The summed E-state index contributed by atoms with van der Waals surface area (Å²) in [6, 6.07) is 0.0461. The summed E-state index contributed by atoms with van der Waals surface area (Å²) in [5.74, 6) is 0. The Morgan fingerprint density at radius 3 is 2.67 bits per heavy atom. The Morgan fingerprint density at radius 2 is 2.11 bits per heavy atom. The predicted molar refractivity (Wildman–Crippen MR) is 71.2 cm³/mol. The van der Waals surface area contributed by atoms with Crippen LogP contribution in [0.15, 0.2) is 12.5 Å². The Kier molecular flexibility index (Phi) is 3.52. The minimum absolute atomic E-state index is 0.0461. The maximum Gasteiger partial charge on any atom is 0.0951 e. The molecule has 0 amide bonds. The van der Waals surface area contributed by atoms with E-state index >= 15 is 0 Å². The summed E-state index contributed by atoms with van der Waals surface area (Å²) in [5, 5.41) is 4.44. The van der Waals surface area contributed by atoms with E-state index in [0.717, 1.165) is 24.4 Å². The molecule has 0 spiro atoms. The highest BCUT2D eigenvalue weighted by Crippen LogP contribution is 2.18. The smallest absolute Gasteiger partial charge is 0.0951 e. The third-order valence-electron chi connectivity index (χ3n) is 3.55. The molecule has 0 unspecified atom stereocenters. The summed E-state index contributed by atoms with van der Waals surface area (Å²) in [6.45, 7) is 7.00. The Labute approximate surface area is 108 Å². The minimum Gasteiger partial charge on any atom is -0.329 e. The van der Waals surface area contributed by atoms with Crippen molar-refractivity contribution in [1.82, 2.24) is 19.3 Å². The van der Waals surface area contributed by atoms with Crippen molar-refractivity contribution in [1.29, 1.82) is 0 Å². The fraction of sp³-hybridized carbons (Fsp3) is 0.538. The normalized spacial score (nSPS) is 12.9. The summed E-state index contributed by atoms with van der Waals surface area (Å²) in [5.41, 5.74) is 10.7. The number of aryl methyl sites for hydroxylation is 2. The highest BCUT2D eigenvalue weighted by Gasteiger charge is 2.14. The van der Waals surface area contributed by atoms with Crippen molar-refractivity contribution in [2.24, 2.45) is 12.8 Å². The zero-order chi connectivity index (χ0) is 13.3. The van der Waals surface area contributed by atoms with Crippen LogP contribution < -0.4 is 5.73 Å². The van der Waals surface area contributed by atoms with Crippen LogP contribution in [0.3, 0.4) is 0 Å². The van der Waals surface area contributed by atoms with Crippen molar-refractivity contribution >= 4 is 0 Å². The Balaban J connectivity index is 2.32. The summed E-state index contributed by atoms with van der Waals surface area (Å²) in [6.07, 6.45) is 4.61. The van der Waals surface area contributed by atoms with Gasteiger partial charge in [-0.3, -0.25) is 4.68 Å². The van der Waals surface area contributed by atoms with E-state index in [9.17, 15) is 0 Å². The van der Waals surface area contributed by atoms with E-state index in [1.54, 1.807) is 0 Å². The Hall–Kier alpha value is -1.62. The quantitative estimate of drug-likeness (QED) is 0.894. The first-order chi connectivity index (χ1) is 8.54. The van der Waals surface area contributed by atoms with E-state index in [-0.39, 0.29) is 6.04 Å². The van der Waals surface area contributed by atoms with Crippen LogP contribution in [-0.4, -0.2) is 19.3 Å². The number of aromatic nitrogens is 4. The van der Waals surface area contributed by atoms with Gasteiger partial charge in [-0.05, 0) is 20.3 Å². The maximum absolute atomic E-state index is 6.09. The summed E-state index contributed by atoms with van der Waals surface area (Å²) in [4.78, 5) is 4.21. The van der Waals surface area contributed by atoms with E-state index in [2.05, 4.69) is 28.5 Å². The summed E-state index contributed by atoms with van der Waals surface area (Å²) < 4.78 is 4.03. The molecule has 0 bridgehead atoms. The zero-order valence-electron chi connectivity index (χ0n) is 11.5. The number of rotatable bonds is 4. The number of nitrogens with zero attached hydrogens (tertiary/aromatic N) is 4. The van der Waals surface area contributed by atoms with E-state index in [4.69, 9.17) is 5.73 Å². The lowest BCUT2D eigenvalue weighted by molar-refractivity contribution is 0.616. The number of nitrogens with two attached hydrogens (primary N) is 1. The van der Waals surface area contributed by atoms with Gasteiger partial charge in [0.2, 0.25) is 0 Å². The van der Waals surface area contributed by atoms with Crippen molar-refractivity contribution in [3.8, 4) is 0 Å². The molecule has 18 heavy (non-hydrogen) atoms. The van der Waals surface area contributed by atoms with Crippen LogP contribution >= 0.6 is 0 Å². The van der Waals surface area contributed by atoms with Crippen molar-refractivity contribution in [2.75, 3.05) is 0 Å². The molecular weight excluding hydrogens is 226 g/mol. The second kappa shape index (κ2) is 4.94. The molecular formula is C13H21N5. The average molecular weight is 247 g/mol. The van der Waals surface area contributed by atoms with E-state index in [0.29, 0.717) is 0 Å². The minimum atomic E-state index is 0.0461. The molecule has 2 aromatic rings. The molecule has 98 valence electrons. The molecule has 0 aromatic carbocycles. The van der Waals surface area contributed by atoms with Gasteiger partial charge in [0.1, 0.15) is 0 Å². The predicted octanol–water partition coefficient (Wildman–Crippen LogP) is 1.69. The Morgan fingerprint density at radius 1 is 1.39 bits per heavy atom. The standard InChI is InChI=1S/C13H21N5/c1-5-12(14)13-6-15-8-18(13)7-11-9(2)16-17(4)10(11)3/h6,8,12H,5,7,14H2,1-4H3/t12-/m1/s1. The molecule has 1 atom stereocenters. The van der Waals surface area contributed by atoms with Crippen LogP contribution in [0.2, 0.25) is 0 Å². The molecule has 0 saturated heterocycles. The van der Waals surface area contributed by atoms with Gasteiger partial charge in [-0.1, -0.05) is 6.92 Å². The van der Waals surface area contributed by atoms with E-state index in [1.807, 2.05) is 31.2 Å². The lowest BCUT2D eigenvalue weighted by Crippen LogP contribution is -2.15. The van der Waals surface area contributed by atoms with Gasteiger partial charge >= 0.3 is 0 Å². The second-order valence-corrected chi connectivity index (χ2v) is 4.73. The molecule has 0 aliphatic carbocycles. The fourth-order valence-electron chi connectivity index (χ4n) is 2.20. The first kappa shape index (κ1) is 12.8. The lowest BCUT2D eigenvalue weighted by atomic mass is 10.1. The number of hydrogen-bond acceptors (Lipinski definition) is 3. The van der Waals surface area contributed by atoms with E-state index in [1.165, 1.54) is 11.3 Å². The van der Waals surface area contributed by atoms with Gasteiger partial charge < -0.3 is 10.3 Å². The second-order valence-electron chi connectivity index (χ2n) is 4.73. The van der Waals surface area contributed by atoms with Gasteiger partial charge in [0.05, 0.1) is 24.3 Å².